The monoisotopic (exact) mass is 333 g/mol. The molecule has 1 fully saturated rings. The lowest BCUT2D eigenvalue weighted by Crippen LogP contribution is -2.25. The summed E-state index contributed by atoms with van der Waals surface area (Å²) >= 11 is 3.35. The van der Waals surface area contributed by atoms with Gasteiger partial charge < -0.3 is 4.74 Å². The molecule has 0 amide bonds. The minimum atomic E-state index is -3.33. The Morgan fingerprint density at radius 3 is 2.94 bits per heavy atom. The molecule has 18 heavy (non-hydrogen) atoms. The molecule has 4 nitrogen and oxygen atoms in total. The smallest absolute Gasteiger partial charge is 0.235 e. The van der Waals surface area contributed by atoms with Crippen LogP contribution in [0.5, 0.6) is 0 Å². The Kier molecular flexibility index (Phi) is 4.64. The number of hydrogen-bond acceptors (Lipinski definition) is 3. The van der Waals surface area contributed by atoms with E-state index in [1.165, 1.54) is 0 Å². The zero-order chi connectivity index (χ0) is 13.0. The number of ether oxygens (including phenoxy) is 1. The van der Waals surface area contributed by atoms with Crippen molar-refractivity contribution in [2.75, 3.05) is 17.1 Å². The van der Waals surface area contributed by atoms with Gasteiger partial charge in [0.1, 0.15) is 0 Å². The van der Waals surface area contributed by atoms with E-state index >= 15 is 0 Å². The third kappa shape index (κ3) is 3.96. The average molecular weight is 334 g/mol. The van der Waals surface area contributed by atoms with Gasteiger partial charge in [0, 0.05) is 17.6 Å². The number of nitrogens with one attached hydrogen (secondary N) is 1. The molecule has 1 aromatic rings. The number of alkyl halides is 1. The van der Waals surface area contributed by atoms with E-state index in [4.69, 9.17) is 4.74 Å². The standard InChI is InChI=1S/C12H16BrNO3S/c13-8-10-3-1-4-11(7-10)14-18(15,16)9-12-5-2-6-17-12/h1,3-4,7,12,14H,2,5-6,8-9H2. The molecule has 0 bridgehead atoms. The van der Waals surface area contributed by atoms with Crippen molar-refractivity contribution < 1.29 is 13.2 Å². The first-order valence-electron chi connectivity index (χ1n) is 5.86. The lowest BCUT2D eigenvalue weighted by Gasteiger charge is -2.12. The molecule has 0 spiro atoms. The van der Waals surface area contributed by atoms with Crippen LogP contribution in [0.2, 0.25) is 0 Å². The van der Waals surface area contributed by atoms with E-state index in [9.17, 15) is 8.42 Å². The molecule has 1 N–H and O–H groups in total. The summed E-state index contributed by atoms with van der Waals surface area (Å²) in [7, 11) is -3.33. The molecule has 2 rings (SSSR count). The molecule has 1 aromatic carbocycles. The van der Waals surface area contributed by atoms with E-state index in [1.807, 2.05) is 18.2 Å². The molecule has 1 aliphatic heterocycles. The van der Waals surface area contributed by atoms with Gasteiger partial charge in [-0.3, -0.25) is 4.72 Å². The number of sulfonamides is 1. The van der Waals surface area contributed by atoms with Crippen LogP contribution in [0.4, 0.5) is 5.69 Å². The molecular weight excluding hydrogens is 318 g/mol. The summed E-state index contributed by atoms with van der Waals surface area (Å²) < 4.78 is 31.8. The normalized spacial score (nSPS) is 19.9. The first-order chi connectivity index (χ1) is 8.59. The van der Waals surface area contributed by atoms with Crippen molar-refractivity contribution in [1.29, 1.82) is 0 Å². The molecule has 1 heterocycles. The zero-order valence-corrected chi connectivity index (χ0v) is 12.3. The molecule has 0 radical (unpaired) electrons. The van der Waals surface area contributed by atoms with Crippen molar-refractivity contribution in [2.45, 2.75) is 24.3 Å². The summed E-state index contributed by atoms with van der Waals surface area (Å²) in [6.45, 7) is 0.666. The van der Waals surface area contributed by atoms with E-state index in [2.05, 4.69) is 20.7 Å². The van der Waals surface area contributed by atoms with Gasteiger partial charge in [-0.2, -0.15) is 0 Å². The second kappa shape index (κ2) is 6.04. The van der Waals surface area contributed by atoms with Gasteiger partial charge in [0.25, 0.3) is 0 Å². The third-order valence-corrected chi connectivity index (χ3v) is 4.79. The lowest BCUT2D eigenvalue weighted by atomic mass is 10.2. The van der Waals surface area contributed by atoms with Crippen molar-refractivity contribution in [3.8, 4) is 0 Å². The molecule has 1 saturated heterocycles. The van der Waals surface area contributed by atoms with Crippen LogP contribution in [0.3, 0.4) is 0 Å². The molecule has 0 saturated carbocycles. The van der Waals surface area contributed by atoms with Crippen LogP contribution in [-0.2, 0) is 20.1 Å². The zero-order valence-electron chi connectivity index (χ0n) is 9.93. The van der Waals surface area contributed by atoms with Gasteiger partial charge in [-0.25, -0.2) is 8.42 Å². The van der Waals surface area contributed by atoms with Crippen molar-refractivity contribution in [2.24, 2.45) is 0 Å². The van der Waals surface area contributed by atoms with Crippen LogP contribution in [0, 0.1) is 0 Å². The predicted molar refractivity (Wildman–Crippen MR) is 75.5 cm³/mol. The van der Waals surface area contributed by atoms with Crippen molar-refractivity contribution in [1.82, 2.24) is 0 Å². The first-order valence-corrected chi connectivity index (χ1v) is 8.63. The summed E-state index contributed by atoms with van der Waals surface area (Å²) in [6.07, 6.45) is 1.60. The number of rotatable bonds is 5. The highest BCUT2D eigenvalue weighted by atomic mass is 79.9. The van der Waals surface area contributed by atoms with Gasteiger partial charge in [0.05, 0.1) is 11.9 Å². The highest BCUT2D eigenvalue weighted by molar-refractivity contribution is 9.08. The van der Waals surface area contributed by atoms with Gasteiger partial charge >= 0.3 is 0 Å². The van der Waals surface area contributed by atoms with Crippen molar-refractivity contribution >= 4 is 31.6 Å². The second-order valence-electron chi connectivity index (χ2n) is 4.35. The lowest BCUT2D eigenvalue weighted by molar-refractivity contribution is 0.127. The van der Waals surface area contributed by atoms with E-state index in [0.717, 1.165) is 18.4 Å². The molecule has 0 aliphatic carbocycles. The summed E-state index contributed by atoms with van der Waals surface area (Å²) in [5.74, 6) is 0.0333. The summed E-state index contributed by atoms with van der Waals surface area (Å²) in [5, 5.41) is 0.703. The third-order valence-electron chi connectivity index (χ3n) is 2.78. The Balaban J connectivity index is 2.02. The highest BCUT2D eigenvalue weighted by Gasteiger charge is 2.23. The van der Waals surface area contributed by atoms with Crippen LogP contribution in [0.15, 0.2) is 24.3 Å². The van der Waals surface area contributed by atoms with Gasteiger partial charge in [-0.15, -0.1) is 0 Å². The summed E-state index contributed by atoms with van der Waals surface area (Å²) in [4.78, 5) is 0. The Bertz CT molecular complexity index is 498. The van der Waals surface area contributed by atoms with E-state index < -0.39 is 10.0 Å². The van der Waals surface area contributed by atoms with Gasteiger partial charge in [-0.05, 0) is 30.5 Å². The maximum atomic E-state index is 12.0. The quantitative estimate of drug-likeness (QED) is 0.842. The van der Waals surface area contributed by atoms with Gasteiger partial charge in [-0.1, -0.05) is 28.1 Å². The predicted octanol–water partition coefficient (Wildman–Crippen LogP) is 2.50. The average Bonchev–Trinajstić information content (AvgIpc) is 2.80. The molecule has 1 aliphatic rings. The fourth-order valence-corrected chi connectivity index (χ4v) is 3.63. The largest absolute Gasteiger partial charge is 0.377 e. The minimum Gasteiger partial charge on any atom is -0.377 e. The Morgan fingerprint density at radius 1 is 1.44 bits per heavy atom. The van der Waals surface area contributed by atoms with Crippen LogP contribution < -0.4 is 4.72 Å². The first kappa shape index (κ1) is 13.8. The fraction of sp³-hybridized carbons (Fsp3) is 0.500. The molecular formula is C12H16BrNO3S. The topological polar surface area (TPSA) is 55.4 Å². The van der Waals surface area contributed by atoms with E-state index in [-0.39, 0.29) is 11.9 Å². The SMILES string of the molecule is O=S(=O)(CC1CCCO1)Nc1cccc(CBr)c1. The Labute approximate surface area is 116 Å². The second-order valence-corrected chi connectivity index (χ2v) is 6.68. The summed E-state index contributed by atoms with van der Waals surface area (Å²) in [5.41, 5.74) is 1.64. The minimum absolute atomic E-state index is 0.0333. The van der Waals surface area contributed by atoms with E-state index in [1.54, 1.807) is 6.07 Å². The molecule has 0 aromatic heterocycles. The van der Waals surface area contributed by atoms with Crippen LogP contribution in [0.1, 0.15) is 18.4 Å². The fourth-order valence-electron chi connectivity index (χ4n) is 1.96. The van der Waals surface area contributed by atoms with Gasteiger partial charge in [0.15, 0.2) is 0 Å². The Hall–Kier alpha value is -0.590. The maximum absolute atomic E-state index is 12.0. The van der Waals surface area contributed by atoms with Crippen molar-refractivity contribution in [3.63, 3.8) is 0 Å². The van der Waals surface area contributed by atoms with Gasteiger partial charge in [0.2, 0.25) is 10.0 Å². The molecule has 1 atom stereocenters. The number of halogens is 1. The number of hydrogen-bond donors (Lipinski definition) is 1. The number of benzene rings is 1. The molecule has 100 valence electrons. The van der Waals surface area contributed by atoms with Crippen LogP contribution in [-0.4, -0.2) is 26.9 Å². The van der Waals surface area contributed by atoms with Crippen LogP contribution in [0.25, 0.3) is 0 Å². The maximum Gasteiger partial charge on any atom is 0.235 e. The number of anilines is 1. The van der Waals surface area contributed by atoms with Crippen LogP contribution >= 0.6 is 15.9 Å². The van der Waals surface area contributed by atoms with Crippen molar-refractivity contribution in [3.05, 3.63) is 29.8 Å². The van der Waals surface area contributed by atoms with E-state index in [0.29, 0.717) is 17.6 Å². The molecule has 6 heteroatoms. The highest BCUT2D eigenvalue weighted by Crippen LogP contribution is 2.18. The summed E-state index contributed by atoms with van der Waals surface area (Å²) in [6, 6.07) is 7.34. The Morgan fingerprint density at radius 2 is 2.28 bits per heavy atom. The molecule has 1 unspecified atom stereocenters.